The quantitative estimate of drug-likeness (QED) is 0.776. The zero-order chi connectivity index (χ0) is 13.8. The third-order valence-electron chi connectivity index (χ3n) is 3.44. The third-order valence-corrected chi connectivity index (χ3v) is 3.44. The minimum atomic E-state index is 0.0474. The van der Waals surface area contributed by atoms with E-state index < -0.39 is 0 Å². The molecule has 1 fully saturated rings. The third kappa shape index (κ3) is 3.41. The molecule has 1 aliphatic heterocycles. The van der Waals surface area contributed by atoms with Gasteiger partial charge in [-0.1, -0.05) is 6.07 Å². The lowest BCUT2D eigenvalue weighted by atomic mass is 10.0. The van der Waals surface area contributed by atoms with Crippen molar-refractivity contribution in [1.82, 2.24) is 4.90 Å². The van der Waals surface area contributed by atoms with E-state index in [0.717, 1.165) is 5.56 Å². The predicted molar refractivity (Wildman–Crippen MR) is 72.7 cm³/mol. The molecule has 0 atom stereocenters. The number of carbonyl (C=O) groups is 2. The molecular formula is C15H19NO3. The highest BCUT2D eigenvalue weighted by atomic mass is 16.5. The Bertz CT molecular complexity index is 486. The van der Waals surface area contributed by atoms with Crippen LogP contribution in [0.4, 0.5) is 0 Å². The van der Waals surface area contributed by atoms with Crippen molar-refractivity contribution in [3.8, 4) is 5.75 Å². The lowest BCUT2D eigenvalue weighted by Crippen LogP contribution is -2.37. The number of nitrogens with zero attached hydrogens (tertiary/aromatic N) is 1. The van der Waals surface area contributed by atoms with Gasteiger partial charge in [0.05, 0.1) is 19.2 Å². The second-order valence-corrected chi connectivity index (χ2v) is 4.94. The highest BCUT2D eigenvalue weighted by Crippen LogP contribution is 2.21. The van der Waals surface area contributed by atoms with Crippen molar-refractivity contribution in [2.75, 3.05) is 26.7 Å². The topological polar surface area (TPSA) is 46.6 Å². The summed E-state index contributed by atoms with van der Waals surface area (Å²) in [6, 6.07) is 5.59. The molecule has 19 heavy (non-hydrogen) atoms. The molecule has 1 aromatic rings. The van der Waals surface area contributed by atoms with Gasteiger partial charge in [0.1, 0.15) is 11.5 Å². The van der Waals surface area contributed by atoms with Crippen molar-refractivity contribution in [3.05, 3.63) is 29.3 Å². The minimum absolute atomic E-state index is 0.0474. The van der Waals surface area contributed by atoms with Gasteiger partial charge in [-0.3, -0.25) is 14.5 Å². The van der Waals surface area contributed by atoms with Crippen LogP contribution in [0, 0.1) is 6.92 Å². The first-order valence-electron chi connectivity index (χ1n) is 6.52. The Labute approximate surface area is 113 Å². The maximum Gasteiger partial charge on any atom is 0.180 e. The molecule has 0 spiro atoms. The Hall–Kier alpha value is -1.68. The van der Waals surface area contributed by atoms with Gasteiger partial charge in [-0.05, 0) is 24.6 Å². The monoisotopic (exact) mass is 261 g/mol. The molecule has 1 saturated heterocycles. The van der Waals surface area contributed by atoms with Crippen LogP contribution in [-0.2, 0) is 4.79 Å². The number of methoxy groups -OCH3 is 1. The predicted octanol–water partition coefficient (Wildman–Crippen LogP) is 1.85. The molecular weight excluding hydrogens is 242 g/mol. The number of ether oxygens (including phenoxy) is 1. The van der Waals surface area contributed by atoms with Gasteiger partial charge in [0.15, 0.2) is 5.78 Å². The van der Waals surface area contributed by atoms with E-state index in [0.29, 0.717) is 43.8 Å². The number of rotatable bonds is 4. The average Bonchev–Trinajstić information content (AvgIpc) is 2.41. The van der Waals surface area contributed by atoms with Crippen LogP contribution in [0.15, 0.2) is 18.2 Å². The van der Waals surface area contributed by atoms with E-state index in [4.69, 9.17) is 4.74 Å². The minimum Gasteiger partial charge on any atom is -0.496 e. The number of hydrogen-bond donors (Lipinski definition) is 0. The van der Waals surface area contributed by atoms with Crippen LogP contribution in [0.1, 0.15) is 28.8 Å². The number of Topliss-reactive ketones (excluding diaryl/α,β-unsaturated/α-hetero) is 2. The summed E-state index contributed by atoms with van der Waals surface area (Å²) in [6.45, 7) is 3.68. The molecule has 0 aromatic heterocycles. The fraction of sp³-hybridized carbons (Fsp3) is 0.467. The Morgan fingerprint density at radius 2 is 2.00 bits per heavy atom. The summed E-state index contributed by atoms with van der Waals surface area (Å²) in [5, 5.41) is 0. The van der Waals surface area contributed by atoms with E-state index in [1.165, 1.54) is 0 Å². The molecule has 0 aliphatic carbocycles. The first kappa shape index (κ1) is 13.7. The van der Waals surface area contributed by atoms with E-state index in [9.17, 15) is 9.59 Å². The fourth-order valence-corrected chi connectivity index (χ4v) is 2.28. The van der Waals surface area contributed by atoms with Crippen LogP contribution in [0.5, 0.6) is 5.75 Å². The molecule has 1 heterocycles. The van der Waals surface area contributed by atoms with Gasteiger partial charge in [0.25, 0.3) is 0 Å². The van der Waals surface area contributed by atoms with Crippen LogP contribution < -0.4 is 4.74 Å². The lowest BCUT2D eigenvalue weighted by molar-refractivity contribution is -0.121. The number of hydrogen-bond acceptors (Lipinski definition) is 4. The van der Waals surface area contributed by atoms with Crippen LogP contribution in [0.25, 0.3) is 0 Å². The summed E-state index contributed by atoms with van der Waals surface area (Å²) in [4.78, 5) is 25.5. The standard InChI is InChI=1S/C15H19NO3/c1-11-3-4-13(15(9-11)19-2)14(18)10-16-7-5-12(17)6-8-16/h3-4,9H,5-8,10H2,1-2H3. The first-order valence-corrected chi connectivity index (χ1v) is 6.52. The molecule has 4 heteroatoms. The summed E-state index contributed by atoms with van der Waals surface area (Å²) >= 11 is 0. The largest absolute Gasteiger partial charge is 0.496 e. The molecule has 0 radical (unpaired) electrons. The van der Waals surface area contributed by atoms with E-state index in [-0.39, 0.29) is 11.6 Å². The number of likely N-dealkylation sites (tertiary alicyclic amines) is 1. The number of ketones is 2. The Balaban J connectivity index is 2.05. The van der Waals surface area contributed by atoms with Crippen LogP contribution in [0.2, 0.25) is 0 Å². The van der Waals surface area contributed by atoms with E-state index in [2.05, 4.69) is 0 Å². The maximum absolute atomic E-state index is 12.3. The number of aryl methyl sites for hydroxylation is 1. The summed E-state index contributed by atoms with van der Waals surface area (Å²) in [5.41, 5.74) is 1.68. The van der Waals surface area contributed by atoms with Gasteiger partial charge in [-0.25, -0.2) is 0 Å². The maximum atomic E-state index is 12.3. The molecule has 0 N–H and O–H groups in total. The van der Waals surface area contributed by atoms with Gasteiger partial charge in [-0.2, -0.15) is 0 Å². The van der Waals surface area contributed by atoms with Crippen LogP contribution >= 0.6 is 0 Å². The number of piperidine rings is 1. The number of benzene rings is 1. The average molecular weight is 261 g/mol. The van der Waals surface area contributed by atoms with E-state index in [1.807, 2.05) is 30.0 Å². The summed E-state index contributed by atoms with van der Waals surface area (Å²) < 4.78 is 5.26. The van der Waals surface area contributed by atoms with Crippen molar-refractivity contribution >= 4 is 11.6 Å². The molecule has 1 aromatic carbocycles. The van der Waals surface area contributed by atoms with Gasteiger partial charge in [0.2, 0.25) is 0 Å². The highest BCUT2D eigenvalue weighted by molar-refractivity contribution is 6.00. The van der Waals surface area contributed by atoms with Crippen molar-refractivity contribution in [2.45, 2.75) is 19.8 Å². The first-order chi connectivity index (χ1) is 9.10. The number of carbonyl (C=O) groups excluding carboxylic acids is 2. The Kier molecular flexibility index (Phi) is 4.32. The SMILES string of the molecule is COc1cc(C)ccc1C(=O)CN1CCC(=O)CC1. The normalized spacial score (nSPS) is 16.4. The molecule has 1 aliphatic rings. The second kappa shape index (κ2) is 5.97. The fourth-order valence-electron chi connectivity index (χ4n) is 2.28. The molecule has 4 nitrogen and oxygen atoms in total. The molecule has 0 unspecified atom stereocenters. The van der Waals surface area contributed by atoms with E-state index in [1.54, 1.807) is 7.11 Å². The van der Waals surface area contributed by atoms with Crippen molar-refractivity contribution < 1.29 is 14.3 Å². The van der Waals surface area contributed by atoms with Gasteiger partial charge < -0.3 is 4.74 Å². The molecule has 0 bridgehead atoms. The van der Waals surface area contributed by atoms with Crippen LogP contribution in [0.3, 0.4) is 0 Å². The summed E-state index contributed by atoms with van der Waals surface area (Å²) in [7, 11) is 1.57. The Morgan fingerprint density at radius 1 is 1.32 bits per heavy atom. The summed E-state index contributed by atoms with van der Waals surface area (Å²) in [5.74, 6) is 0.959. The molecule has 0 amide bonds. The zero-order valence-corrected chi connectivity index (χ0v) is 11.4. The van der Waals surface area contributed by atoms with Crippen molar-refractivity contribution in [2.24, 2.45) is 0 Å². The van der Waals surface area contributed by atoms with Crippen molar-refractivity contribution in [3.63, 3.8) is 0 Å². The zero-order valence-electron chi connectivity index (χ0n) is 11.4. The summed E-state index contributed by atoms with van der Waals surface area (Å²) in [6.07, 6.45) is 1.11. The van der Waals surface area contributed by atoms with Crippen LogP contribution in [-0.4, -0.2) is 43.2 Å². The highest BCUT2D eigenvalue weighted by Gasteiger charge is 2.20. The lowest BCUT2D eigenvalue weighted by Gasteiger charge is -2.25. The van der Waals surface area contributed by atoms with Gasteiger partial charge >= 0.3 is 0 Å². The molecule has 102 valence electrons. The van der Waals surface area contributed by atoms with E-state index >= 15 is 0 Å². The molecule has 0 saturated carbocycles. The second-order valence-electron chi connectivity index (χ2n) is 4.94. The van der Waals surface area contributed by atoms with Crippen molar-refractivity contribution in [1.29, 1.82) is 0 Å². The Morgan fingerprint density at radius 3 is 2.63 bits per heavy atom. The molecule has 2 rings (SSSR count). The van der Waals surface area contributed by atoms with Gasteiger partial charge in [-0.15, -0.1) is 0 Å². The smallest absolute Gasteiger partial charge is 0.180 e. The van der Waals surface area contributed by atoms with Gasteiger partial charge in [0, 0.05) is 25.9 Å².